The van der Waals surface area contributed by atoms with Gasteiger partial charge in [-0.25, -0.2) is 4.79 Å². The predicted molar refractivity (Wildman–Crippen MR) is 193 cm³/mol. The number of hydrogen-bond donors (Lipinski definition) is 2. The molecule has 0 radical (unpaired) electrons. The van der Waals surface area contributed by atoms with Crippen molar-refractivity contribution in [3.05, 3.63) is 83.9 Å². The minimum absolute atomic E-state index is 0.369. The van der Waals surface area contributed by atoms with E-state index in [-0.39, 0.29) is 5.97 Å². The first kappa shape index (κ1) is 33.6. The summed E-state index contributed by atoms with van der Waals surface area (Å²) in [5.74, 6) is 2.47. The molecule has 8 heteroatoms. The molecule has 248 valence electrons. The quantitative estimate of drug-likeness (QED) is 0.0920. The van der Waals surface area contributed by atoms with Crippen molar-refractivity contribution in [2.75, 3.05) is 33.2 Å². The molecular formula is C39H48N4O4. The fraction of sp³-hybridized carbons (Fsp3) is 0.385. The number of fused-ring (bicyclic) bond motifs is 5. The number of aliphatic imine (C=N–C) groups is 1. The van der Waals surface area contributed by atoms with Crippen LogP contribution in [-0.4, -0.2) is 49.8 Å². The second-order valence-corrected chi connectivity index (χ2v) is 12.6. The second kappa shape index (κ2) is 14.4. The first-order valence-corrected chi connectivity index (χ1v) is 16.5. The number of methoxy groups -OCH3 is 2. The van der Waals surface area contributed by atoms with Gasteiger partial charge in [0.2, 0.25) is 0 Å². The van der Waals surface area contributed by atoms with Crippen molar-refractivity contribution < 1.29 is 19.0 Å². The summed E-state index contributed by atoms with van der Waals surface area (Å²) in [4.78, 5) is 16.4. The van der Waals surface area contributed by atoms with Gasteiger partial charge in [0.05, 0.1) is 37.6 Å². The minimum Gasteiger partial charge on any atom is -0.497 e. The Morgan fingerprint density at radius 2 is 1.72 bits per heavy atom. The zero-order chi connectivity index (χ0) is 33.7. The number of aromatic nitrogens is 1. The van der Waals surface area contributed by atoms with Gasteiger partial charge in [-0.3, -0.25) is 4.99 Å². The molecule has 0 unspecified atom stereocenters. The van der Waals surface area contributed by atoms with Crippen molar-refractivity contribution in [2.45, 2.75) is 71.4 Å². The number of carbonyl (C=O) groups excluding carboxylic acids is 1. The van der Waals surface area contributed by atoms with E-state index < -0.39 is 5.54 Å². The Morgan fingerprint density at radius 3 is 2.36 bits per heavy atom. The largest absolute Gasteiger partial charge is 0.497 e. The number of amidine groups is 1. The maximum Gasteiger partial charge on any atom is 0.337 e. The SMILES string of the molecule is C=C(NC(C)(C)C(=NC)Nc1ccc(C(=O)OC)cc1)c1ccc2c(C(CCC)CCC)c3n(c2c1)CCOc1cc(OC)ccc1-3. The number of hydrogen-bond acceptors (Lipinski definition) is 6. The highest BCUT2D eigenvalue weighted by Crippen LogP contribution is 2.46. The van der Waals surface area contributed by atoms with Crippen LogP contribution in [0.5, 0.6) is 11.5 Å². The van der Waals surface area contributed by atoms with Gasteiger partial charge in [-0.15, -0.1) is 0 Å². The molecule has 0 spiro atoms. The summed E-state index contributed by atoms with van der Waals surface area (Å²) in [7, 11) is 4.83. The lowest BCUT2D eigenvalue weighted by Crippen LogP contribution is -2.48. The van der Waals surface area contributed by atoms with Crippen LogP contribution in [0.15, 0.2) is 72.2 Å². The fourth-order valence-corrected chi connectivity index (χ4v) is 6.77. The third kappa shape index (κ3) is 6.87. The molecule has 8 nitrogen and oxygen atoms in total. The van der Waals surface area contributed by atoms with E-state index in [2.05, 4.69) is 78.7 Å². The Hall–Kier alpha value is -4.72. The van der Waals surface area contributed by atoms with E-state index >= 15 is 0 Å². The molecule has 1 aromatic heterocycles. The van der Waals surface area contributed by atoms with Gasteiger partial charge in [-0.05, 0) is 86.2 Å². The van der Waals surface area contributed by atoms with Gasteiger partial charge >= 0.3 is 5.97 Å². The maximum atomic E-state index is 11.9. The molecule has 0 bridgehead atoms. The van der Waals surface area contributed by atoms with Crippen molar-refractivity contribution in [3.8, 4) is 22.8 Å². The van der Waals surface area contributed by atoms with Gasteiger partial charge in [0.25, 0.3) is 0 Å². The molecule has 5 rings (SSSR count). The molecule has 0 atom stereocenters. The van der Waals surface area contributed by atoms with Gasteiger partial charge in [0, 0.05) is 41.0 Å². The summed E-state index contributed by atoms with van der Waals surface area (Å²) >= 11 is 0. The van der Waals surface area contributed by atoms with E-state index in [1.807, 2.05) is 24.3 Å². The molecule has 47 heavy (non-hydrogen) atoms. The van der Waals surface area contributed by atoms with Crippen LogP contribution >= 0.6 is 0 Å². The highest BCUT2D eigenvalue weighted by molar-refractivity contribution is 6.03. The lowest BCUT2D eigenvalue weighted by molar-refractivity contribution is 0.0600. The molecule has 4 aromatic rings. The number of anilines is 1. The zero-order valence-electron chi connectivity index (χ0n) is 28.8. The second-order valence-electron chi connectivity index (χ2n) is 12.6. The van der Waals surface area contributed by atoms with Crippen molar-refractivity contribution in [3.63, 3.8) is 0 Å². The van der Waals surface area contributed by atoms with E-state index in [0.717, 1.165) is 72.1 Å². The standard InChI is InChI=1S/C39H48N4O4/c1-9-11-26(12-10-2)35-31-19-15-28(23-33(31)43-21-22-47-34-24-30(45-7)18-20-32(34)36(35)43)25(3)42-39(4,5)38(40-6)41-29-16-13-27(14-17-29)37(44)46-8/h13-20,23-24,26,42H,3,9-12,21-22H2,1-2,4-8H3,(H,40,41). The normalized spacial score (nSPS) is 13.0. The highest BCUT2D eigenvalue weighted by atomic mass is 16.5. The molecule has 1 aliphatic rings. The van der Waals surface area contributed by atoms with Gasteiger partial charge < -0.3 is 29.4 Å². The molecule has 2 N–H and O–H groups in total. The Labute approximate surface area is 278 Å². The van der Waals surface area contributed by atoms with Crippen LogP contribution in [0.25, 0.3) is 27.9 Å². The molecule has 0 saturated heterocycles. The Bertz CT molecular complexity index is 1780. The number of carbonyl (C=O) groups is 1. The van der Waals surface area contributed by atoms with Crippen LogP contribution in [0, 0.1) is 0 Å². The summed E-state index contributed by atoms with van der Waals surface area (Å²) in [6.07, 6.45) is 4.52. The molecule has 1 aliphatic heterocycles. The lowest BCUT2D eigenvalue weighted by Gasteiger charge is -2.31. The van der Waals surface area contributed by atoms with E-state index in [1.165, 1.54) is 29.3 Å². The smallest absolute Gasteiger partial charge is 0.337 e. The van der Waals surface area contributed by atoms with E-state index in [9.17, 15) is 4.79 Å². The van der Waals surface area contributed by atoms with E-state index in [1.54, 1.807) is 26.3 Å². The Balaban J connectivity index is 1.51. The number of benzene rings is 3. The topological polar surface area (TPSA) is 86.1 Å². The summed E-state index contributed by atoms with van der Waals surface area (Å²) in [6, 6.07) is 20.1. The third-order valence-electron chi connectivity index (χ3n) is 9.00. The van der Waals surface area contributed by atoms with Gasteiger partial charge in [-0.1, -0.05) is 45.4 Å². The summed E-state index contributed by atoms with van der Waals surface area (Å²) in [5, 5.41) is 8.33. The third-order valence-corrected chi connectivity index (χ3v) is 9.00. The molecule has 0 fully saturated rings. The molecule has 0 amide bonds. The fourth-order valence-electron chi connectivity index (χ4n) is 6.77. The Morgan fingerprint density at radius 1 is 1.02 bits per heavy atom. The molecule has 3 aromatic carbocycles. The molecule has 0 saturated carbocycles. The molecule has 0 aliphatic carbocycles. The van der Waals surface area contributed by atoms with E-state index in [0.29, 0.717) is 18.1 Å². The number of rotatable bonds is 12. The van der Waals surface area contributed by atoms with Crippen molar-refractivity contribution in [2.24, 2.45) is 4.99 Å². The van der Waals surface area contributed by atoms with Gasteiger partial charge in [0.15, 0.2) is 0 Å². The van der Waals surface area contributed by atoms with Crippen molar-refractivity contribution in [1.82, 2.24) is 9.88 Å². The summed E-state index contributed by atoms with van der Waals surface area (Å²) in [6.45, 7) is 14.5. The van der Waals surface area contributed by atoms with Gasteiger partial charge in [-0.2, -0.15) is 0 Å². The number of nitrogens with zero attached hydrogens (tertiary/aromatic N) is 2. The predicted octanol–water partition coefficient (Wildman–Crippen LogP) is 8.66. The van der Waals surface area contributed by atoms with Crippen LogP contribution in [0.2, 0.25) is 0 Å². The Kier molecular flexibility index (Phi) is 10.3. The van der Waals surface area contributed by atoms with Crippen LogP contribution in [-0.2, 0) is 11.3 Å². The van der Waals surface area contributed by atoms with Crippen LogP contribution in [0.4, 0.5) is 5.69 Å². The van der Waals surface area contributed by atoms with Crippen LogP contribution in [0.3, 0.4) is 0 Å². The number of nitrogens with one attached hydrogen (secondary N) is 2. The zero-order valence-corrected chi connectivity index (χ0v) is 28.8. The van der Waals surface area contributed by atoms with E-state index in [4.69, 9.17) is 14.2 Å². The minimum atomic E-state index is -0.581. The average molecular weight is 637 g/mol. The number of esters is 1. The van der Waals surface area contributed by atoms with Crippen LogP contribution < -0.4 is 20.1 Å². The van der Waals surface area contributed by atoms with Crippen molar-refractivity contribution in [1.29, 1.82) is 0 Å². The lowest BCUT2D eigenvalue weighted by atomic mass is 9.86. The summed E-state index contributed by atoms with van der Waals surface area (Å²) in [5.41, 5.74) is 7.50. The average Bonchev–Trinajstić information content (AvgIpc) is 3.27. The highest BCUT2D eigenvalue weighted by Gasteiger charge is 2.30. The van der Waals surface area contributed by atoms with Crippen molar-refractivity contribution >= 4 is 34.1 Å². The summed E-state index contributed by atoms with van der Waals surface area (Å²) < 4.78 is 19.1. The molecular weight excluding hydrogens is 588 g/mol. The first-order valence-electron chi connectivity index (χ1n) is 16.5. The van der Waals surface area contributed by atoms with Gasteiger partial charge in [0.1, 0.15) is 23.9 Å². The first-order chi connectivity index (χ1) is 22.6. The maximum absolute atomic E-state index is 11.9. The monoisotopic (exact) mass is 636 g/mol. The molecule has 2 heterocycles. The van der Waals surface area contributed by atoms with Crippen LogP contribution in [0.1, 0.15) is 80.8 Å². The number of ether oxygens (including phenoxy) is 3.